The quantitative estimate of drug-likeness (QED) is 0.673. The number of benzene rings is 1. The molecular weight excluding hydrogens is 310 g/mol. The fourth-order valence-electron chi connectivity index (χ4n) is 2.41. The maximum atomic E-state index is 12.6. The van der Waals surface area contributed by atoms with Gasteiger partial charge in [-0.25, -0.2) is 9.78 Å². The van der Waals surface area contributed by atoms with Crippen LogP contribution in [0.1, 0.15) is 25.5 Å². The summed E-state index contributed by atoms with van der Waals surface area (Å²) in [6.07, 6.45) is 1.32. The van der Waals surface area contributed by atoms with E-state index in [1.165, 1.54) is 15.6 Å². The third-order valence-electron chi connectivity index (χ3n) is 3.68. The van der Waals surface area contributed by atoms with E-state index in [-0.39, 0.29) is 12.1 Å². The Kier molecular flexibility index (Phi) is 4.11. The van der Waals surface area contributed by atoms with Crippen LogP contribution >= 0.6 is 0 Å². The Morgan fingerprint density at radius 2 is 2.17 bits per heavy atom. The molecule has 0 fully saturated rings. The van der Waals surface area contributed by atoms with E-state index in [4.69, 9.17) is 4.74 Å². The average Bonchev–Trinajstić information content (AvgIpc) is 3.00. The highest BCUT2D eigenvalue weighted by Crippen LogP contribution is 2.14. The standard InChI is InChI=1S/C16H17N5O3/c1-4-24-16(23)11(3)20-9-17-14-13(15(20)22)18-19-21(14)12-7-5-6-10(2)8-12/h5-9,11H,4H2,1-3H3/t11-/m0/s1. The number of nitrogens with zero attached hydrogens (tertiary/aromatic N) is 5. The fraction of sp³-hybridized carbons (Fsp3) is 0.312. The molecule has 0 N–H and O–H groups in total. The number of aromatic nitrogens is 5. The zero-order valence-electron chi connectivity index (χ0n) is 13.6. The molecule has 0 saturated heterocycles. The number of rotatable bonds is 4. The highest BCUT2D eigenvalue weighted by atomic mass is 16.5. The molecule has 0 spiro atoms. The average molecular weight is 327 g/mol. The van der Waals surface area contributed by atoms with Crippen LogP contribution in [0, 0.1) is 6.92 Å². The van der Waals surface area contributed by atoms with E-state index in [1.54, 1.807) is 13.8 Å². The molecule has 8 heteroatoms. The molecule has 124 valence electrons. The summed E-state index contributed by atoms with van der Waals surface area (Å²) in [4.78, 5) is 28.7. The van der Waals surface area contributed by atoms with Gasteiger partial charge in [-0.3, -0.25) is 9.36 Å². The minimum atomic E-state index is -0.779. The van der Waals surface area contributed by atoms with Gasteiger partial charge in [0.15, 0.2) is 11.2 Å². The van der Waals surface area contributed by atoms with Crippen LogP contribution in [-0.4, -0.2) is 37.1 Å². The van der Waals surface area contributed by atoms with Crippen molar-refractivity contribution >= 4 is 17.1 Å². The summed E-state index contributed by atoms with van der Waals surface area (Å²) in [6.45, 7) is 5.50. The Balaban J connectivity index is 2.09. The van der Waals surface area contributed by atoms with Gasteiger partial charge in [0, 0.05) is 0 Å². The zero-order valence-corrected chi connectivity index (χ0v) is 13.6. The summed E-state index contributed by atoms with van der Waals surface area (Å²) in [5.41, 5.74) is 1.84. The predicted octanol–water partition coefficient (Wildman–Crippen LogP) is 1.41. The molecule has 1 atom stereocenters. The van der Waals surface area contributed by atoms with Crippen molar-refractivity contribution in [3.8, 4) is 5.69 Å². The van der Waals surface area contributed by atoms with Gasteiger partial charge < -0.3 is 4.74 Å². The molecule has 0 aliphatic carbocycles. The number of fused-ring (bicyclic) bond motifs is 1. The number of aryl methyl sites for hydroxylation is 1. The minimum Gasteiger partial charge on any atom is -0.464 e. The number of carbonyl (C=O) groups is 1. The molecule has 0 saturated carbocycles. The van der Waals surface area contributed by atoms with E-state index >= 15 is 0 Å². The zero-order chi connectivity index (χ0) is 17.3. The van der Waals surface area contributed by atoms with Crippen LogP contribution in [-0.2, 0) is 9.53 Å². The lowest BCUT2D eigenvalue weighted by atomic mass is 10.2. The topological polar surface area (TPSA) is 91.9 Å². The molecule has 0 aliphatic rings. The number of ether oxygens (including phenoxy) is 1. The molecule has 0 bridgehead atoms. The van der Waals surface area contributed by atoms with Crippen molar-refractivity contribution in [2.45, 2.75) is 26.8 Å². The van der Waals surface area contributed by atoms with Gasteiger partial charge in [-0.15, -0.1) is 5.10 Å². The number of hydrogen-bond donors (Lipinski definition) is 0. The maximum Gasteiger partial charge on any atom is 0.328 e. The van der Waals surface area contributed by atoms with Crippen LogP contribution < -0.4 is 5.56 Å². The number of esters is 1. The Hall–Kier alpha value is -3.03. The lowest BCUT2D eigenvalue weighted by molar-refractivity contribution is -0.146. The number of carbonyl (C=O) groups excluding carboxylic acids is 1. The number of hydrogen-bond acceptors (Lipinski definition) is 6. The van der Waals surface area contributed by atoms with Crippen molar-refractivity contribution in [3.05, 3.63) is 46.5 Å². The summed E-state index contributed by atoms with van der Waals surface area (Å²) in [5, 5.41) is 7.96. The fourth-order valence-corrected chi connectivity index (χ4v) is 2.41. The van der Waals surface area contributed by atoms with Crippen molar-refractivity contribution in [1.29, 1.82) is 0 Å². The molecule has 2 aromatic heterocycles. The first-order valence-corrected chi connectivity index (χ1v) is 7.59. The lowest BCUT2D eigenvalue weighted by Gasteiger charge is -2.12. The molecule has 3 rings (SSSR count). The van der Waals surface area contributed by atoms with E-state index in [1.807, 2.05) is 31.2 Å². The van der Waals surface area contributed by atoms with Gasteiger partial charge in [-0.05, 0) is 38.5 Å². The van der Waals surface area contributed by atoms with Gasteiger partial charge in [-0.2, -0.15) is 4.68 Å². The lowest BCUT2D eigenvalue weighted by Crippen LogP contribution is -2.29. The van der Waals surface area contributed by atoms with Crippen LogP contribution in [0.5, 0.6) is 0 Å². The first-order chi connectivity index (χ1) is 11.5. The second-order valence-electron chi connectivity index (χ2n) is 5.40. The monoisotopic (exact) mass is 327 g/mol. The first-order valence-electron chi connectivity index (χ1n) is 7.59. The largest absolute Gasteiger partial charge is 0.464 e. The SMILES string of the molecule is CCOC(=O)[C@H](C)n1cnc2c(nnn2-c2cccc(C)c2)c1=O. The smallest absolute Gasteiger partial charge is 0.328 e. The molecule has 0 unspecified atom stereocenters. The Bertz CT molecular complexity index is 960. The molecule has 3 aromatic rings. The van der Waals surface area contributed by atoms with Gasteiger partial charge in [0.2, 0.25) is 0 Å². The van der Waals surface area contributed by atoms with Gasteiger partial charge in [0.05, 0.1) is 12.3 Å². The van der Waals surface area contributed by atoms with Gasteiger partial charge in [0.1, 0.15) is 12.4 Å². The molecule has 0 aliphatic heterocycles. The Morgan fingerprint density at radius 3 is 2.88 bits per heavy atom. The van der Waals surface area contributed by atoms with Crippen molar-refractivity contribution in [2.24, 2.45) is 0 Å². The van der Waals surface area contributed by atoms with Crippen LogP contribution in [0.3, 0.4) is 0 Å². The Labute approximate surface area is 137 Å². The first kappa shape index (κ1) is 15.9. The second-order valence-corrected chi connectivity index (χ2v) is 5.40. The summed E-state index contributed by atoms with van der Waals surface area (Å²) >= 11 is 0. The van der Waals surface area contributed by atoms with Crippen molar-refractivity contribution < 1.29 is 9.53 Å². The van der Waals surface area contributed by atoms with E-state index in [0.29, 0.717) is 5.65 Å². The van der Waals surface area contributed by atoms with Gasteiger partial charge in [-0.1, -0.05) is 17.3 Å². The predicted molar refractivity (Wildman–Crippen MR) is 87.0 cm³/mol. The van der Waals surface area contributed by atoms with E-state index in [9.17, 15) is 9.59 Å². The van der Waals surface area contributed by atoms with Crippen LogP contribution in [0.15, 0.2) is 35.4 Å². The second kappa shape index (κ2) is 6.23. The van der Waals surface area contributed by atoms with Gasteiger partial charge in [0.25, 0.3) is 5.56 Å². The maximum absolute atomic E-state index is 12.6. The molecule has 0 amide bonds. The minimum absolute atomic E-state index is 0.107. The van der Waals surface area contributed by atoms with Gasteiger partial charge >= 0.3 is 5.97 Å². The molecule has 2 heterocycles. The molecule has 24 heavy (non-hydrogen) atoms. The highest BCUT2D eigenvalue weighted by Gasteiger charge is 2.21. The van der Waals surface area contributed by atoms with Crippen LogP contribution in [0.2, 0.25) is 0 Å². The molecule has 8 nitrogen and oxygen atoms in total. The summed E-state index contributed by atoms with van der Waals surface area (Å²) < 4.78 is 7.65. The van der Waals surface area contributed by atoms with Crippen LogP contribution in [0.4, 0.5) is 0 Å². The highest BCUT2D eigenvalue weighted by molar-refractivity contribution is 5.75. The summed E-state index contributed by atoms with van der Waals surface area (Å²) in [6, 6.07) is 6.85. The third kappa shape index (κ3) is 2.66. The summed E-state index contributed by atoms with van der Waals surface area (Å²) in [5.74, 6) is -0.494. The van der Waals surface area contributed by atoms with Crippen LogP contribution in [0.25, 0.3) is 16.9 Å². The van der Waals surface area contributed by atoms with Crippen molar-refractivity contribution in [2.75, 3.05) is 6.61 Å². The summed E-state index contributed by atoms with van der Waals surface area (Å²) in [7, 11) is 0. The normalized spacial score (nSPS) is 12.3. The molecular formula is C16H17N5O3. The van der Waals surface area contributed by atoms with E-state index in [0.717, 1.165) is 11.3 Å². The van der Waals surface area contributed by atoms with Crippen molar-refractivity contribution in [3.63, 3.8) is 0 Å². The molecule has 1 aromatic carbocycles. The van der Waals surface area contributed by atoms with Crippen molar-refractivity contribution in [1.82, 2.24) is 24.5 Å². The van der Waals surface area contributed by atoms with E-state index < -0.39 is 17.6 Å². The van der Waals surface area contributed by atoms with E-state index in [2.05, 4.69) is 15.3 Å². The Morgan fingerprint density at radius 1 is 1.38 bits per heavy atom. The third-order valence-corrected chi connectivity index (χ3v) is 3.68. The molecule has 0 radical (unpaired) electrons.